The van der Waals surface area contributed by atoms with Gasteiger partial charge >= 0.3 is 7.60 Å². The van der Waals surface area contributed by atoms with Gasteiger partial charge in [-0.05, 0) is 12.8 Å². The molecular weight excluding hydrogens is 299 g/mol. The lowest BCUT2D eigenvalue weighted by Crippen LogP contribution is -2.32. The standard InChI is InChI=1S/C10H15N6O4P/c11-10-14-8-7(9(17)15-10)12-4-16(8)3-5-1-2-6(13-5)21(18,19)20/h4-6,13H,1-3H2,(H2,18,19,20)(H3,11,14,15,17)/t5-,6-/m0/s1. The maximum Gasteiger partial charge on any atom is 0.342 e. The number of nitrogens with one attached hydrogen (secondary N) is 2. The smallest absolute Gasteiger partial charge is 0.342 e. The number of aromatic amines is 1. The zero-order valence-electron chi connectivity index (χ0n) is 10.9. The average molecular weight is 314 g/mol. The van der Waals surface area contributed by atoms with E-state index < -0.39 is 18.9 Å². The fraction of sp³-hybridized carbons (Fsp3) is 0.500. The molecule has 1 aliphatic heterocycles. The zero-order valence-corrected chi connectivity index (χ0v) is 11.8. The summed E-state index contributed by atoms with van der Waals surface area (Å²) in [5, 5.41) is 2.91. The van der Waals surface area contributed by atoms with Crippen LogP contribution in [0.2, 0.25) is 0 Å². The van der Waals surface area contributed by atoms with Crippen LogP contribution in [0.3, 0.4) is 0 Å². The molecule has 2 aromatic rings. The molecule has 0 radical (unpaired) electrons. The highest BCUT2D eigenvalue weighted by atomic mass is 31.2. The van der Waals surface area contributed by atoms with Crippen LogP contribution in [0.25, 0.3) is 11.2 Å². The Hall–Kier alpha value is -1.74. The van der Waals surface area contributed by atoms with Crippen molar-refractivity contribution in [2.24, 2.45) is 0 Å². The van der Waals surface area contributed by atoms with E-state index in [1.165, 1.54) is 6.33 Å². The number of nitrogens with two attached hydrogens (primary N) is 1. The molecule has 3 rings (SSSR count). The monoisotopic (exact) mass is 314 g/mol. The highest BCUT2D eigenvalue weighted by Gasteiger charge is 2.36. The third-order valence-corrected chi connectivity index (χ3v) is 4.75. The maximum atomic E-state index is 11.7. The van der Waals surface area contributed by atoms with Crippen LogP contribution in [-0.4, -0.2) is 41.1 Å². The predicted octanol–water partition coefficient (Wildman–Crippen LogP) is -1.04. The van der Waals surface area contributed by atoms with Gasteiger partial charge in [-0.3, -0.25) is 19.7 Å². The van der Waals surface area contributed by atoms with Gasteiger partial charge in [0, 0.05) is 12.6 Å². The first-order chi connectivity index (χ1) is 9.84. The van der Waals surface area contributed by atoms with E-state index in [-0.39, 0.29) is 17.5 Å². The maximum absolute atomic E-state index is 11.7. The van der Waals surface area contributed by atoms with E-state index in [2.05, 4.69) is 20.3 Å². The van der Waals surface area contributed by atoms with Crippen LogP contribution in [0.5, 0.6) is 0 Å². The van der Waals surface area contributed by atoms with Crippen molar-refractivity contribution in [2.75, 3.05) is 5.73 Å². The quantitative estimate of drug-likeness (QED) is 0.449. The third-order valence-electron chi connectivity index (χ3n) is 3.53. The van der Waals surface area contributed by atoms with E-state index in [1.807, 2.05) is 0 Å². The lowest BCUT2D eigenvalue weighted by molar-refractivity contribution is 0.349. The minimum atomic E-state index is -4.13. The van der Waals surface area contributed by atoms with Crippen molar-refractivity contribution in [3.63, 3.8) is 0 Å². The summed E-state index contributed by atoms with van der Waals surface area (Å²) in [4.78, 5) is 40.4. The molecular formula is C10H15N6O4P. The molecule has 0 saturated carbocycles. The molecule has 1 aliphatic rings. The molecule has 0 aromatic carbocycles. The summed E-state index contributed by atoms with van der Waals surface area (Å²) in [6.45, 7) is 0.406. The average Bonchev–Trinajstić information content (AvgIpc) is 2.97. The number of hydrogen-bond acceptors (Lipinski definition) is 6. The van der Waals surface area contributed by atoms with Crippen molar-refractivity contribution in [3.05, 3.63) is 16.7 Å². The van der Waals surface area contributed by atoms with Crippen molar-refractivity contribution in [2.45, 2.75) is 31.2 Å². The normalized spacial score (nSPS) is 23.0. The number of hydrogen-bond donors (Lipinski definition) is 5. The van der Waals surface area contributed by atoms with Crippen LogP contribution in [0.1, 0.15) is 12.8 Å². The van der Waals surface area contributed by atoms with E-state index in [0.29, 0.717) is 25.0 Å². The summed E-state index contributed by atoms with van der Waals surface area (Å²) in [7, 11) is -4.13. The van der Waals surface area contributed by atoms with Crippen LogP contribution >= 0.6 is 7.60 Å². The van der Waals surface area contributed by atoms with Gasteiger partial charge in [0.2, 0.25) is 5.95 Å². The summed E-state index contributed by atoms with van der Waals surface area (Å²) >= 11 is 0. The molecule has 0 aliphatic carbocycles. The fourth-order valence-electron chi connectivity index (χ4n) is 2.55. The minimum absolute atomic E-state index is 0.00160. The molecule has 10 nitrogen and oxygen atoms in total. The van der Waals surface area contributed by atoms with Gasteiger partial charge in [0.05, 0.1) is 6.33 Å². The summed E-state index contributed by atoms with van der Waals surface area (Å²) in [6, 6.07) is -0.123. The van der Waals surface area contributed by atoms with Crippen molar-refractivity contribution in [1.29, 1.82) is 0 Å². The molecule has 11 heteroatoms. The van der Waals surface area contributed by atoms with Gasteiger partial charge in [-0.1, -0.05) is 0 Å². The van der Waals surface area contributed by atoms with Crippen LogP contribution in [0.4, 0.5) is 5.95 Å². The number of nitrogens with zero attached hydrogens (tertiary/aromatic N) is 3. The van der Waals surface area contributed by atoms with Crippen molar-refractivity contribution in [3.8, 4) is 0 Å². The summed E-state index contributed by atoms with van der Waals surface area (Å²) in [5.41, 5.74) is 5.65. The molecule has 1 fully saturated rings. The van der Waals surface area contributed by atoms with Gasteiger partial charge in [-0.15, -0.1) is 0 Å². The molecule has 2 atom stereocenters. The zero-order chi connectivity index (χ0) is 15.2. The van der Waals surface area contributed by atoms with Crippen LogP contribution in [-0.2, 0) is 11.1 Å². The highest BCUT2D eigenvalue weighted by molar-refractivity contribution is 7.52. The van der Waals surface area contributed by atoms with Crippen LogP contribution < -0.4 is 16.6 Å². The van der Waals surface area contributed by atoms with E-state index >= 15 is 0 Å². The Kier molecular flexibility index (Phi) is 3.33. The molecule has 3 heterocycles. The number of aromatic nitrogens is 4. The molecule has 0 spiro atoms. The van der Waals surface area contributed by atoms with Crippen LogP contribution in [0, 0.1) is 0 Å². The Morgan fingerprint density at radius 1 is 1.48 bits per heavy atom. The minimum Gasteiger partial charge on any atom is -0.369 e. The second kappa shape index (κ2) is 4.92. The summed E-state index contributed by atoms with van der Waals surface area (Å²) in [6.07, 6.45) is 2.49. The Balaban J connectivity index is 1.84. The van der Waals surface area contributed by atoms with Gasteiger partial charge in [0.25, 0.3) is 5.56 Å². The molecule has 0 bridgehead atoms. The largest absolute Gasteiger partial charge is 0.369 e. The number of anilines is 1. The second-order valence-electron chi connectivity index (χ2n) is 5.07. The predicted molar refractivity (Wildman–Crippen MR) is 74.6 cm³/mol. The van der Waals surface area contributed by atoms with Gasteiger partial charge in [-0.25, -0.2) is 4.98 Å². The number of imidazole rings is 1. The Labute approximate surface area is 118 Å². The van der Waals surface area contributed by atoms with E-state index in [1.54, 1.807) is 4.57 Å². The first-order valence-electron chi connectivity index (χ1n) is 6.36. The third kappa shape index (κ3) is 2.70. The molecule has 0 unspecified atom stereocenters. The highest BCUT2D eigenvalue weighted by Crippen LogP contribution is 2.44. The van der Waals surface area contributed by atoms with E-state index in [0.717, 1.165) is 0 Å². The summed E-state index contributed by atoms with van der Waals surface area (Å²) in [5.74, 6) is -0.819. The second-order valence-corrected chi connectivity index (χ2v) is 6.87. The Bertz CT molecular complexity index is 779. The molecule has 1 saturated heterocycles. The lowest BCUT2D eigenvalue weighted by atomic mass is 10.2. The van der Waals surface area contributed by atoms with Crippen molar-refractivity contribution < 1.29 is 14.4 Å². The first-order valence-corrected chi connectivity index (χ1v) is 8.04. The Morgan fingerprint density at radius 2 is 2.24 bits per heavy atom. The molecule has 114 valence electrons. The molecule has 2 aromatic heterocycles. The molecule has 6 N–H and O–H groups in total. The van der Waals surface area contributed by atoms with E-state index in [4.69, 9.17) is 15.5 Å². The summed E-state index contributed by atoms with van der Waals surface area (Å²) < 4.78 is 12.9. The fourth-order valence-corrected chi connectivity index (χ4v) is 3.44. The number of nitrogen functional groups attached to an aromatic ring is 1. The van der Waals surface area contributed by atoms with Crippen LogP contribution in [0.15, 0.2) is 11.1 Å². The topological polar surface area (TPSA) is 159 Å². The van der Waals surface area contributed by atoms with Gasteiger partial charge in [-0.2, -0.15) is 4.98 Å². The van der Waals surface area contributed by atoms with Gasteiger partial charge in [0.1, 0.15) is 5.78 Å². The lowest BCUT2D eigenvalue weighted by Gasteiger charge is -2.16. The first kappa shape index (κ1) is 14.2. The van der Waals surface area contributed by atoms with E-state index in [9.17, 15) is 9.36 Å². The SMILES string of the molecule is Nc1nc2c(ncn2C[C@@H]2CC[C@H](P(=O)(O)O)N2)c(=O)[nH]1. The Morgan fingerprint density at radius 3 is 2.90 bits per heavy atom. The number of rotatable bonds is 3. The van der Waals surface area contributed by atoms with Gasteiger partial charge in [0.15, 0.2) is 11.2 Å². The molecule has 0 amide bonds. The molecule has 21 heavy (non-hydrogen) atoms. The van der Waals surface area contributed by atoms with Crippen molar-refractivity contribution in [1.82, 2.24) is 24.8 Å². The van der Waals surface area contributed by atoms with Crippen molar-refractivity contribution >= 4 is 24.7 Å². The number of fused-ring (bicyclic) bond motifs is 1. The number of H-pyrrole nitrogens is 1. The van der Waals surface area contributed by atoms with Gasteiger partial charge < -0.3 is 20.1 Å².